The Kier molecular flexibility index (Phi) is 3.22. The van der Waals surface area contributed by atoms with E-state index in [2.05, 4.69) is 9.55 Å². The molecular formula is C17H16N2O2. The van der Waals surface area contributed by atoms with Crippen LogP contribution in [0.15, 0.2) is 42.7 Å². The van der Waals surface area contributed by atoms with Crippen molar-refractivity contribution in [1.29, 1.82) is 0 Å². The number of carboxylic acids is 1. The number of carboxylic acid groups (broad SMARTS) is 1. The first-order valence-electron chi connectivity index (χ1n) is 6.79. The van der Waals surface area contributed by atoms with Crippen LogP contribution < -0.4 is 0 Å². The Balaban J connectivity index is 2.08. The number of hydrogen-bond acceptors (Lipinski definition) is 2. The molecule has 1 N–H and O–H groups in total. The Labute approximate surface area is 122 Å². The van der Waals surface area contributed by atoms with E-state index >= 15 is 0 Å². The van der Waals surface area contributed by atoms with Gasteiger partial charge in [-0.3, -0.25) is 4.98 Å². The second kappa shape index (κ2) is 5.05. The summed E-state index contributed by atoms with van der Waals surface area (Å²) in [5, 5.41) is 10.3. The highest BCUT2D eigenvalue weighted by Gasteiger charge is 2.13. The van der Waals surface area contributed by atoms with Gasteiger partial charge in [-0.25, -0.2) is 4.79 Å². The van der Waals surface area contributed by atoms with Crippen LogP contribution in [-0.2, 0) is 6.54 Å². The molecule has 2 aromatic heterocycles. The molecule has 4 nitrogen and oxygen atoms in total. The average molecular weight is 280 g/mol. The van der Waals surface area contributed by atoms with Crippen molar-refractivity contribution in [3.8, 4) is 0 Å². The van der Waals surface area contributed by atoms with Crippen LogP contribution in [0.25, 0.3) is 10.9 Å². The number of rotatable bonds is 3. The molecule has 0 spiro atoms. The highest BCUT2D eigenvalue weighted by atomic mass is 16.4. The zero-order valence-electron chi connectivity index (χ0n) is 12.0. The van der Waals surface area contributed by atoms with Gasteiger partial charge in [0.05, 0.1) is 11.1 Å². The van der Waals surface area contributed by atoms with E-state index in [9.17, 15) is 9.90 Å². The molecule has 0 amide bonds. The molecule has 0 aliphatic rings. The van der Waals surface area contributed by atoms with Crippen molar-refractivity contribution < 1.29 is 9.90 Å². The Morgan fingerprint density at radius 2 is 2.00 bits per heavy atom. The number of nitrogens with zero attached hydrogens (tertiary/aromatic N) is 2. The van der Waals surface area contributed by atoms with Crippen molar-refractivity contribution >= 4 is 16.9 Å². The highest BCUT2D eigenvalue weighted by Crippen LogP contribution is 2.24. The number of benzene rings is 1. The average Bonchev–Trinajstić information content (AvgIpc) is 2.85. The third-order valence-electron chi connectivity index (χ3n) is 3.74. The maximum atomic E-state index is 11.3. The van der Waals surface area contributed by atoms with Gasteiger partial charge in [-0.2, -0.15) is 0 Å². The Bertz CT molecular complexity index is 817. The standard InChI is InChI=1S/C17H16N2O2/c1-11-3-4-13(9-18-11)10-19-8-7-14-5-6-15(17(20)21)12(2)16(14)19/h3-9H,10H2,1-2H3,(H,20,21). The van der Waals surface area contributed by atoms with Crippen LogP contribution >= 0.6 is 0 Å². The molecule has 2 heterocycles. The minimum Gasteiger partial charge on any atom is -0.478 e. The number of aromatic nitrogens is 2. The quantitative estimate of drug-likeness (QED) is 0.800. The number of fused-ring (bicyclic) bond motifs is 1. The molecule has 0 saturated carbocycles. The van der Waals surface area contributed by atoms with Gasteiger partial charge in [-0.05, 0) is 48.6 Å². The molecule has 0 unspecified atom stereocenters. The normalized spacial score (nSPS) is 11.0. The van der Waals surface area contributed by atoms with Gasteiger partial charge in [-0.15, -0.1) is 0 Å². The Morgan fingerprint density at radius 3 is 2.67 bits per heavy atom. The topological polar surface area (TPSA) is 55.1 Å². The maximum Gasteiger partial charge on any atom is 0.336 e. The molecule has 1 aromatic carbocycles. The molecule has 0 saturated heterocycles. The van der Waals surface area contributed by atoms with Crippen LogP contribution in [0.5, 0.6) is 0 Å². The lowest BCUT2D eigenvalue weighted by Gasteiger charge is -2.09. The molecule has 0 fully saturated rings. The van der Waals surface area contributed by atoms with E-state index in [0.29, 0.717) is 12.1 Å². The van der Waals surface area contributed by atoms with Gasteiger partial charge in [0.25, 0.3) is 0 Å². The van der Waals surface area contributed by atoms with E-state index in [1.54, 1.807) is 6.07 Å². The zero-order valence-corrected chi connectivity index (χ0v) is 12.0. The monoisotopic (exact) mass is 280 g/mol. The molecule has 0 radical (unpaired) electrons. The lowest BCUT2D eigenvalue weighted by Crippen LogP contribution is -2.04. The van der Waals surface area contributed by atoms with E-state index in [4.69, 9.17) is 0 Å². The van der Waals surface area contributed by atoms with Crippen LogP contribution in [0.3, 0.4) is 0 Å². The molecule has 21 heavy (non-hydrogen) atoms. The lowest BCUT2D eigenvalue weighted by molar-refractivity contribution is 0.0696. The second-order valence-electron chi connectivity index (χ2n) is 5.23. The fourth-order valence-electron chi connectivity index (χ4n) is 2.63. The van der Waals surface area contributed by atoms with Crippen molar-refractivity contribution in [2.24, 2.45) is 0 Å². The molecule has 4 heteroatoms. The van der Waals surface area contributed by atoms with Crippen LogP contribution in [0.2, 0.25) is 0 Å². The third kappa shape index (κ3) is 2.40. The minimum absolute atomic E-state index is 0.351. The minimum atomic E-state index is -0.890. The Hall–Kier alpha value is -2.62. The van der Waals surface area contributed by atoms with Gasteiger partial charge in [0.1, 0.15) is 0 Å². The predicted octanol–water partition coefficient (Wildman–Crippen LogP) is 3.40. The number of carbonyl (C=O) groups is 1. The fourth-order valence-corrected chi connectivity index (χ4v) is 2.63. The van der Waals surface area contributed by atoms with Crippen molar-refractivity contribution in [2.45, 2.75) is 20.4 Å². The van der Waals surface area contributed by atoms with Crippen LogP contribution in [0.4, 0.5) is 0 Å². The van der Waals surface area contributed by atoms with Crippen molar-refractivity contribution in [2.75, 3.05) is 0 Å². The number of aryl methyl sites for hydroxylation is 2. The largest absolute Gasteiger partial charge is 0.478 e. The van der Waals surface area contributed by atoms with Crippen LogP contribution in [-0.4, -0.2) is 20.6 Å². The Morgan fingerprint density at radius 1 is 1.19 bits per heavy atom. The summed E-state index contributed by atoms with van der Waals surface area (Å²) in [5.41, 5.74) is 4.20. The molecule has 0 aliphatic heterocycles. The van der Waals surface area contributed by atoms with Gasteiger partial charge in [0.15, 0.2) is 0 Å². The second-order valence-corrected chi connectivity index (χ2v) is 5.23. The lowest BCUT2D eigenvalue weighted by atomic mass is 10.1. The summed E-state index contributed by atoms with van der Waals surface area (Å²) in [5.74, 6) is -0.890. The summed E-state index contributed by atoms with van der Waals surface area (Å²) < 4.78 is 2.07. The number of pyridine rings is 1. The smallest absolute Gasteiger partial charge is 0.336 e. The van der Waals surface area contributed by atoms with Crippen LogP contribution in [0.1, 0.15) is 27.2 Å². The molecule has 106 valence electrons. The van der Waals surface area contributed by atoms with E-state index in [1.807, 2.05) is 50.5 Å². The summed E-state index contributed by atoms with van der Waals surface area (Å²) in [6.45, 7) is 4.49. The molecule has 3 rings (SSSR count). The van der Waals surface area contributed by atoms with Gasteiger partial charge < -0.3 is 9.67 Å². The first-order valence-corrected chi connectivity index (χ1v) is 6.79. The first-order chi connectivity index (χ1) is 10.1. The van der Waals surface area contributed by atoms with Crippen LogP contribution in [0, 0.1) is 13.8 Å². The molecule has 3 aromatic rings. The summed E-state index contributed by atoms with van der Waals surface area (Å²) in [7, 11) is 0. The SMILES string of the molecule is Cc1ccc(Cn2ccc3ccc(C(=O)O)c(C)c32)cn1. The highest BCUT2D eigenvalue weighted by molar-refractivity contribution is 5.96. The van der Waals surface area contributed by atoms with E-state index < -0.39 is 5.97 Å². The van der Waals surface area contributed by atoms with Crippen molar-refractivity contribution in [3.63, 3.8) is 0 Å². The third-order valence-corrected chi connectivity index (χ3v) is 3.74. The van der Waals surface area contributed by atoms with Crippen molar-refractivity contribution in [3.05, 3.63) is 65.1 Å². The van der Waals surface area contributed by atoms with E-state index in [0.717, 1.165) is 27.7 Å². The van der Waals surface area contributed by atoms with E-state index in [1.165, 1.54) is 0 Å². The summed E-state index contributed by atoms with van der Waals surface area (Å²) in [6.07, 6.45) is 3.85. The maximum absolute atomic E-state index is 11.3. The van der Waals surface area contributed by atoms with Gasteiger partial charge in [-0.1, -0.05) is 12.1 Å². The summed E-state index contributed by atoms with van der Waals surface area (Å²) in [6, 6.07) is 9.56. The molecule has 0 atom stereocenters. The van der Waals surface area contributed by atoms with Crippen molar-refractivity contribution in [1.82, 2.24) is 9.55 Å². The van der Waals surface area contributed by atoms with Gasteiger partial charge in [0.2, 0.25) is 0 Å². The molecule has 0 bridgehead atoms. The number of aromatic carboxylic acids is 1. The van der Waals surface area contributed by atoms with Gasteiger partial charge in [0, 0.05) is 24.6 Å². The summed E-state index contributed by atoms with van der Waals surface area (Å²) >= 11 is 0. The molecule has 0 aliphatic carbocycles. The van der Waals surface area contributed by atoms with E-state index in [-0.39, 0.29) is 0 Å². The fraction of sp³-hybridized carbons (Fsp3) is 0.176. The van der Waals surface area contributed by atoms with Gasteiger partial charge >= 0.3 is 5.97 Å². The molecular weight excluding hydrogens is 264 g/mol. The zero-order chi connectivity index (χ0) is 15.0. The predicted molar refractivity (Wildman–Crippen MR) is 81.7 cm³/mol. The first kappa shape index (κ1) is 13.4. The number of hydrogen-bond donors (Lipinski definition) is 1. The summed E-state index contributed by atoms with van der Waals surface area (Å²) in [4.78, 5) is 15.6.